The lowest BCUT2D eigenvalue weighted by Crippen LogP contribution is -2.14. The molecule has 1 aromatic rings. The lowest BCUT2D eigenvalue weighted by atomic mass is 10.3. The Morgan fingerprint density at radius 3 is 2.23 bits per heavy atom. The van der Waals surface area contributed by atoms with Gasteiger partial charge >= 0.3 is 0 Å². The number of aliphatic hydroxyl groups is 2. The Labute approximate surface area is 95.7 Å². The summed E-state index contributed by atoms with van der Waals surface area (Å²) in [7, 11) is 1.00. The molecular formula is C7H9Cl3O2S. The zero-order chi connectivity index (χ0) is 10.5. The van der Waals surface area contributed by atoms with Gasteiger partial charge in [-0.15, -0.1) is 11.3 Å². The van der Waals surface area contributed by atoms with Crippen LogP contribution in [0.5, 0.6) is 0 Å². The van der Waals surface area contributed by atoms with E-state index >= 15 is 0 Å². The van der Waals surface area contributed by atoms with Gasteiger partial charge in [0.15, 0.2) is 0 Å². The first-order valence-electron chi connectivity index (χ1n) is 3.24. The average molecular weight is 264 g/mol. The Morgan fingerprint density at radius 1 is 1.38 bits per heavy atom. The Balaban J connectivity index is 0.000000671. The molecule has 13 heavy (non-hydrogen) atoms. The van der Waals surface area contributed by atoms with E-state index in [4.69, 9.17) is 39.9 Å². The summed E-state index contributed by atoms with van der Waals surface area (Å²) in [6, 6.07) is 3.51. The molecule has 0 fully saturated rings. The monoisotopic (exact) mass is 262 g/mol. The molecule has 1 unspecified atom stereocenters. The first-order chi connectivity index (χ1) is 6.02. The molecule has 2 N–H and O–H groups in total. The van der Waals surface area contributed by atoms with E-state index in [0.717, 1.165) is 7.11 Å². The van der Waals surface area contributed by atoms with Gasteiger partial charge in [0.05, 0.1) is 0 Å². The maximum atomic E-state index is 9.36. The fourth-order valence-corrected chi connectivity index (χ4v) is 1.93. The van der Waals surface area contributed by atoms with Crippen molar-refractivity contribution in [3.05, 3.63) is 22.4 Å². The molecule has 0 aliphatic heterocycles. The number of thiophene rings is 1. The summed E-state index contributed by atoms with van der Waals surface area (Å²) in [5.74, 6) is 0. The number of halogens is 3. The van der Waals surface area contributed by atoms with Crippen molar-refractivity contribution in [3.63, 3.8) is 0 Å². The maximum Gasteiger partial charge on any atom is 0.220 e. The zero-order valence-corrected chi connectivity index (χ0v) is 9.83. The van der Waals surface area contributed by atoms with Gasteiger partial charge in [-0.3, -0.25) is 0 Å². The van der Waals surface area contributed by atoms with E-state index in [0.29, 0.717) is 4.88 Å². The van der Waals surface area contributed by atoms with Crippen LogP contribution in [0.2, 0.25) is 0 Å². The van der Waals surface area contributed by atoms with Crippen LogP contribution in [0.15, 0.2) is 17.5 Å². The molecule has 0 aromatic carbocycles. The Hall–Kier alpha value is 0.490. The zero-order valence-electron chi connectivity index (χ0n) is 6.75. The molecule has 1 aromatic heterocycles. The minimum Gasteiger partial charge on any atom is -0.400 e. The molecule has 0 aliphatic rings. The van der Waals surface area contributed by atoms with Crippen LogP contribution in [-0.4, -0.2) is 21.1 Å². The summed E-state index contributed by atoms with van der Waals surface area (Å²) in [6.07, 6.45) is -1.03. The van der Waals surface area contributed by atoms with Crippen LogP contribution in [0.25, 0.3) is 0 Å². The van der Waals surface area contributed by atoms with Gasteiger partial charge in [-0.25, -0.2) is 0 Å². The summed E-state index contributed by atoms with van der Waals surface area (Å²) in [4.78, 5) is 0.657. The molecule has 6 heteroatoms. The quantitative estimate of drug-likeness (QED) is 0.765. The van der Waals surface area contributed by atoms with E-state index in [-0.39, 0.29) is 0 Å². The topological polar surface area (TPSA) is 40.5 Å². The number of hydrogen-bond acceptors (Lipinski definition) is 3. The van der Waals surface area contributed by atoms with Crippen LogP contribution >= 0.6 is 46.1 Å². The van der Waals surface area contributed by atoms with E-state index in [1.54, 1.807) is 12.1 Å². The van der Waals surface area contributed by atoms with Gasteiger partial charge < -0.3 is 10.2 Å². The van der Waals surface area contributed by atoms with E-state index in [1.165, 1.54) is 11.3 Å². The first kappa shape index (κ1) is 13.5. The van der Waals surface area contributed by atoms with Crippen molar-refractivity contribution in [2.45, 2.75) is 9.90 Å². The van der Waals surface area contributed by atoms with Crippen LogP contribution in [-0.2, 0) is 0 Å². The smallest absolute Gasteiger partial charge is 0.220 e. The van der Waals surface area contributed by atoms with Gasteiger partial charge in [0.2, 0.25) is 3.79 Å². The second kappa shape index (κ2) is 6.06. The maximum absolute atomic E-state index is 9.36. The number of rotatable bonds is 1. The summed E-state index contributed by atoms with van der Waals surface area (Å²) < 4.78 is -1.63. The minimum absolute atomic E-state index is 0.657. The molecule has 0 bridgehead atoms. The highest BCUT2D eigenvalue weighted by Crippen LogP contribution is 2.40. The molecule has 76 valence electrons. The Kier molecular flexibility index (Phi) is 6.29. The molecule has 0 spiro atoms. The van der Waals surface area contributed by atoms with Crippen LogP contribution in [0, 0.1) is 0 Å². The van der Waals surface area contributed by atoms with E-state index in [2.05, 4.69) is 0 Å². The van der Waals surface area contributed by atoms with Gasteiger partial charge in [-0.05, 0) is 11.4 Å². The van der Waals surface area contributed by atoms with Gasteiger partial charge in [0.1, 0.15) is 6.10 Å². The molecule has 0 saturated heterocycles. The fraction of sp³-hybridized carbons (Fsp3) is 0.429. The highest BCUT2D eigenvalue weighted by Gasteiger charge is 2.32. The third-order valence-corrected chi connectivity index (χ3v) is 2.67. The first-order valence-corrected chi connectivity index (χ1v) is 5.26. The van der Waals surface area contributed by atoms with E-state index in [9.17, 15) is 5.11 Å². The molecule has 1 rings (SSSR count). The molecule has 0 aliphatic carbocycles. The molecule has 0 saturated carbocycles. The van der Waals surface area contributed by atoms with Gasteiger partial charge in [0, 0.05) is 12.0 Å². The molecule has 2 nitrogen and oxygen atoms in total. The summed E-state index contributed by atoms with van der Waals surface area (Å²) in [5.41, 5.74) is 0. The van der Waals surface area contributed by atoms with Crippen molar-refractivity contribution in [1.29, 1.82) is 0 Å². The SMILES string of the molecule is CO.OC(c1cccs1)C(Cl)(Cl)Cl. The molecular weight excluding hydrogens is 255 g/mol. The average Bonchev–Trinajstić information content (AvgIpc) is 2.57. The minimum atomic E-state index is -1.63. The van der Waals surface area contributed by atoms with Crippen molar-refractivity contribution in [2.24, 2.45) is 0 Å². The van der Waals surface area contributed by atoms with Gasteiger partial charge in [-0.1, -0.05) is 40.9 Å². The van der Waals surface area contributed by atoms with Crippen LogP contribution in [0.3, 0.4) is 0 Å². The van der Waals surface area contributed by atoms with Crippen molar-refractivity contribution < 1.29 is 10.2 Å². The largest absolute Gasteiger partial charge is 0.400 e. The molecule has 0 amide bonds. The molecule has 1 heterocycles. The Bertz CT molecular complexity index is 220. The summed E-state index contributed by atoms with van der Waals surface area (Å²) in [6.45, 7) is 0. The lowest BCUT2D eigenvalue weighted by Gasteiger charge is -2.16. The van der Waals surface area contributed by atoms with Crippen molar-refractivity contribution in [1.82, 2.24) is 0 Å². The number of alkyl halides is 3. The van der Waals surface area contributed by atoms with Crippen LogP contribution in [0.4, 0.5) is 0 Å². The highest BCUT2D eigenvalue weighted by molar-refractivity contribution is 7.10. The predicted octanol–water partition coefficient (Wildman–Crippen LogP) is 2.76. The van der Waals surface area contributed by atoms with Gasteiger partial charge in [0.25, 0.3) is 0 Å². The highest BCUT2D eigenvalue weighted by atomic mass is 35.6. The third kappa shape index (κ3) is 4.49. The lowest BCUT2D eigenvalue weighted by molar-refractivity contribution is 0.186. The normalized spacial score (nSPS) is 13.1. The van der Waals surface area contributed by atoms with Gasteiger partial charge in [-0.2, -0.15) is 0 Å². The fourth-order valence-electron chi connectivity index (χ4n) is 0.608. The number of hydrogen-bond donors (Lipinski definition) is 2. The van der Waals surface area contributed by atoms with Crippen LogP contribution < -0.4 is 0 Å². The summed E-state index contributed by atoms with van der Waals surface area (Å²) in [5, 5.41) is 18.2. The Morgan fingerprint density at radius 2 is 1.92 bits per heavy atom. The van der Waals surface area contributed by atoms with Crippen LogP contribution in [0.1, 0.15) is 11.0 Å². The summed E-state index contributed by atoms with van der Waals surface area (Å²) >= 11 is 17.7. The standard InChI is InChI=1S/C6H5Cl3OS.CH4O/c7-6(8,9)5(10)4-2-1-3-11-4;1-2/h1-3,5,10H;2H,1H3. The van der Waals surface area contributed by atoms with Crippen molar-refractivity contribution >= 4 is 46.1 Å². The van der Waals surface area contributed by atoms with E-state index < -0.39 is 9.90 Å². The number of aliphatic hydroxyl groups excluding tert-OH is 2. The molecule has 0 radical (unpaired) electrons. The van der Waals surface area contributed by atoms with E-state index in [1.807, 2.05) is 5.38 Å². The van der Waals surface area contributed by atoms with Crippen molar-refractivity contribution in [3.8, 4) is 0 Å². The molecule has 1 atom stereocenters. The van der Waals surface area contributed by atoms with Crippen molar-refractivity contribution in [2.75, 3.05) is 7.11 Å². The second-order valence-corrected chi connectivity index (χ2v) is 5.31. The predicted molar refractivity (Wildman–Crippen MR) is 57.7 cm³/mol. The second-order valence-electron chi connectivity index (χ2n) is 1.96. The third-order valence-electron chi connectivity index (χ3n) is 1.12.